The van der Waals surface area contributed by atoms with Gasteiger partial charge in [-0.3, -0.25) is 4.79 Å². The molecule has 1 aliphatic rings. The van der Waals surface area contributed by atoms with Crippen molar-refractivity contribution in [2.45, 2.75) is 32.7 Å². The molecule has 1 aromatic carbocycles. The first-order chi connectivity index (χ1) is 8.16. The lowest BCUT2D eigenvalue weighted by Gasteiger charge is -2.32. The van der Waals surface area contributed by atoms with Gasteiger partial charge < -0.3 is 4.90 Å². The highest BCUT2D eigenvalue weighted by Crippen LogP contribution is 2.06. The SMILES string of the molecule is C[C@@H]1CC(=O)[C@@H](C)C[NH+]1CCc1ccccc1. The number of quaternary nitrogens is 1. The van der Waals surface area contributed by atoms with Gasteiger partial charge in [0.25, 0.3) is 0 Å². The number of piperidine rings is 1. The van der Waals surface area contributed by atoms with Crippen LogP contribution in [0.2, 0.25) is 0 Å². The van der Waals surface area contributed by atoms with Crippen LogP contribution in [0.1, 0.15) is 25.8 Å². The second-order valence-corrected chi connectivity index (χ2v) is 5.32. The monoisotopic (exact) mass is 232 g/mol. The van der Waals surface area contributed by atoms with E-state index in [0.29, 0.717) is 11.8 Å². The molecular weight excluding hydrogens is 210 g/mol. The Balaban J connectivity index is 1.89. The van der Waals surface area contributed by atoms with E-state index in [9.17, 15) is 4.79 Å². The molecule has 1 aliphatic heterocycles. The van der Waals surface area contributed by atoms with E-state index in [1.165, 1.54) is 5.56 Å². The third-order valence-electron chi connectivity index (χ3n) is 3.90. The van der Waals surface area contributed by atoms with Gasteiger partial charge in [-0.05, 0) is 12.5 Å². The Kier molecular flexibility index (Phi) is 3.95. The van der Waals surface area contributed by atoms with Crippen LogP contribution in [0.3, 0.4) is 0 Å². The van der Waals surface area contributed by atoms with Crippen LogP contribution in [-0.2, 0) is 11.2 Å². The number of hydrogen-bond donors (Lipinski definition) is 1. The van der Waals surface area contributed by atoms with Crippen LogP contribution in [0.15, 0.2) is 30.3 Å². The van der Waals surface area contributed by atoms with E-state index < -0.39 is 0 Å². The number of carbonyl (C=O) groups is 1. The van der Waals surface area contributed by atoms with E-state index in [1.807, 2.05) is 0 Å². The maximum absolute atomic E-state index is 11.6. The summed E-state index contributed by atoms with van der Waals surface area (Å²) in [5.74, 6) is 0.693. The Morgan fingerprint density at radius 1 is 1.24 bits per heavy atom. The van der Waals surface area contributed by atoms with Gasteiger partial charge in [0.1, 0.15) is 5.78 Å². The number of Topliss-reactive ketones (excluding diaryl/α,β-unsaturated/α-hetero) is 1. The smallest absolute Gasteiger partial charge is 0.147 e. The number of rotatable bonds is 3. The molecule has 0 spiro atoms. The molecule has 0 amide bonds. The summed E-state index contributed by atoms with van der Waals surface area (Å²) in [5.41, 5.74) is 1.40. The van der Waals surface area contributed by atoms with Crippen molar-refractivity contribution in [1.82, 2.24) is 0 Å². The van der Waals surface area contributed by atoms with Crippen molar-refractivity contribution in [3.05, 3.63) is 35.9 Å². The summed E-state index contributed by atoms with van der Waals surface area (Å²) in [6, 6.07) is 11.1. The van der Waals surface area contributed by atoms with Crippen molar-refractivity contribution in [3.8, 4) is 0 Å². The fraction of sp³-hybridized carbons (Fsp3) is 0.533. The third kappa shape index (κ3) is 3.16. The lowest BCUT2D eigenvalue weighted by atomic mass is 9.93. The summed E-state index contributed by atoms with van der Waals surface area (Å²) in [4.78, 5) is 13.2. The molecule has 1 fully saturated rings. The minimum atomic E-state index is 0.247. The van der Waals surface area contributed by atoms with Crippen molar-refractivity contribution in [3.63, 3.8) is 0 Å². The molecule has 2 nitrogen and oxygen atoms in total. The Labute approximate surface area is 104 Å². The van der Waals surface area contributed by atoms with E-state index in [2.05, 4.69) is 44.2 Å². The van der Waals surface area contributed by atoms with Crippen LogP contribution < -0.4 is 4.90 Å². The van der Waals surface area contributed by atoms with Gasteiger partial charge in [-0.2, -0.15) is 0 Å². The number of hydrogen-bond acceptors (Lipinski definition) is 1. The summed E-state index contributed by atoms with van der Waals surface area (Å²) in [7, 11) is 0. The van der Waals surface area contributed by atoms with E-state index >= 15 is 0 Å². The van der Waals surface area contributed by atoms with Crippen molar-refractivity contribution in [2.24, 2.45) is 5.92 Å². The zero-order valence-corrected chi connectivity index (χ0v) is 10.8. The van der Waals surface area contributed by atoms with Crippen molar-refractivity contribution in [2.75, 3.05) is 13.1 Å². The lowest BCUT2D eigenvalue weighted by molar-refractivity contribution is -0.927. The first-order valence-electron chi connectivity index (χ1n) is 6.58. The van der Waals surface area contributed by atoms with Crippen molar-refractivity contribution >= 4 is 5.78 Å². The van der Waals surface area contributed by atoms with Gasteiger partial charge in [-0.25, -0.2) is 0 Å². The quantitative estimate of drug-likeness (QED) is 0.828. The summed E-state index contributed by atoms with van der Waals surface area (Å²) in [6.07, 6.45) is 1.87. The summed E-state index contributed by atoms with van der Waals surface area (Å²) < 4.78 is 0. The summed E-state index contributed by atoms with van der Waals surface area (Å²) in [5, 5.41) is 0. The van der Waals surface area contributed by atoms with E-state index in [4.69, 9.17) is 0 Å². The molecular formula is C15H22NO+. The standard InChI is InChI=1S/C15H21NO/c1-12-11-16(13(2)10-15(12)17)9-8-14-6-4-3-5-7-14/h3-7,12-13H,8-11H2,1-2H3/p+1/t12-,13+/m0/s1. The fourth-order valence-electron chi connectivity index (χ4n) is 2.65. The number of carbonyl (C=O) groups excluding carboxylic acids is 1. The molecule has 2 heteroatoms. The van der Waals surface area contributed by atoms with Crippen LogP contribution in [0.5, 0.6) is 0 Å². The zero-order valence-electron chi connectivity index (χ0n) is 10.8. The number of nitrogens with one attached hydrogen (secondary N) is 1. The summed E-state index contributed by atoms with van der Waals surface area (Å²) >= 11 is 0. The van der Waals surface area contributed by atoms with Gasteiger partial charge in [0.05, 0.1) is 31.5 Å². The van der Waals surface area contributed by atoms with Gasteiger partial charge in [-0.15, -0.1) is 0 Å². The highest BCUT2D eigenvalue weighted by Gasteiger charge is 2.31. The van der Waals surface area contributed by atoms with Gasteiger partial charge in [0, 0.05) is 6.42 Å². The molecule has 1 heterocycles. The molecule has 0 aliphatic carbocycles. The third-order valence-corrected chi connectivity index (χ3v) is 3.90. The summed E-state index contributed by atoms with van der Waals surface area (Å²) in [6.45, 7) is 6.41. The van der Waals surface area contributed by atoms with Gasteiger partial charge in [0.15, 0.2) is 0 Å². The highest BCUT2D eigenvalue weighted by molar-refractivity contribution is 5.81. The topological polar surface area (TPSA) is 21.5 Å². The molecule has 0 bridgehead atoms. The molecule has 92 valence electrons. The van der Waals surface area contributed by atoms with E-state index in [0.717, 1.165) is 25.9 Å². The molecule has 1 unspecified atom stereocenters. The molecule has 2 rings (SSSR count). The predicted octanol–water partition coefficient (Wildman–Crippen LogP) is 1.11. The molecule has 1 saturated heterocycles. The fourth-order valence-corrected chi connectivity index (χ4v) is 2.65. The maximum atomic E-state index is 11.6. The first-order valence-corrected chi connectivity index (χ1v) is 6.58. The predicted molar refractivity (Wildman–Crippen MR) is 69.1 cm³/mol. The van der Waals surface area contributed by atoms with Gasteiger partial charge in [-0.1, -0.05) is 37.3 Å². The first kappa shape index (κ1) is 12.3. The van der Waals surface area contributed by atoms with Gasteiger partial charge in [0.2, 0.25) is 0 Å². The normalized spacial score (nSPS) is 29.3. The van der Waals surface area contributed by atoms with Gasteiger partial charge >= 0.3 is 0 Å². The second-order valence-electron chi connectivity index (χ2n) is 5.32. The minimum Gasteiger partial charge on any atom is -0.332 e. The molecule has 0 radical (unpaired) electrons. The molecule has 1 N–H and O–H groups in total. The number of likely N-dealkylation sites (tertiary alicyclic amines) is 1. The van der Waals surface area contributed by atoms with E-state index in [1.54, 1.807) is 4.90 Å². The number of benzene rings is 1. The van der Waals surface area contributed by atoms with Crippen molar-refractivity contribution < 1.29 is 9.69 Å². The second kappa shape index (κ2) is 5.46. The molecule has 0 saturated carbocycles. The molecule has 3 atom stereocenters. The average molecular weight is 232 g/mol. The van der Waals surface area contributed by atoms with Crippen LogP contribution in [0, 0.1) is 5.92 Å². The van der Waals surface area contributed by atoms with Crippen LogP contribution in [0.4, 0.5) is 0 Å². The Morgan fingerprint density at radius 3 is 2.65 bits per heavy atom. The van der Waals surface area contributed by atoms with Crippen LogP contribution in [0.25, 0.3) is 0 Å². The van der Waals surface area contributed by atoms with E-state index in [-0.39, 0.29) is 5.92 Å². The maximum Gasteiger partial charge on any atom is 0.147 e. The molecule has 17 heavy (non-hydrogen) atoms. The van der Waals surface area contributed by atoms with Crippen molar-refractivity contribution in [1.29, 1.82) is 0 Å². The molecule has 0 aromatic heterocycles. The zero-order chi connectivity index (χ0) is 12.3. The number of ketones is 1. The largest absolute Gasteiger partial charge is 0.332 e. The molecule has 1 aromatic rings. The Hall–Kier alpha value is -1.15. The highest BCUT2D eigenvalue weighted by atomic mass is 16.1. The van der Waals surface area contributed by atoms with Crippen LogP contribution >= 0.6 is 0 Å². The average Bonchev–Trinajstić information content (AvgIpc) is 2.33. The van der Waals surface area contributed by atoms with Crippen LogP contribution in [-0.4, -0.2) is 24.9 Å². The Morgan fingerprint density at radius 2 is 1.94 bits per heavy atom. The minimum absolute atomic E-state index is 0.247. The lowest BCUT2D eigenvalue weighted by Crippen LogP contribution is -3.17. The Bertz CT molecular complexity index is 374.